The molecule has 2 N–H and O–H groups in total. The fourth-order valence-electron chi connectivity index (χ4n) is 4.20. The zero-order chi connectivity index (χ0) is 22.1. The van der Waals surface area contributed by atoms with E-state index in [1.807, 2.05) is 48.5 Å². The second-order valence-corrected chi connectivity index (χ2v) is 7.69. The predicted molar refractivity (Wildman–Crippen MR) is 110 cm³/mol. The molecule has 3 amide bonds. The second kappa shape index (κ2) is 8.22. The van der Waals surface area contributed by atoms with Gasteiger partial charge in [0, 0.05) is 12.3 Å². The molecule has 1 heterocycles. The number of imide groups is 1. The van der Waals surface area contributed by atoms with Gasteiger partial charge in [0.1, 0.15) is 18.7 Å². The van der Waals surface area contributed by atoms with E-state index in [0.29, 0.717) is 0 Å². The van der Waals surface area contributed by atoms with E-state index in [1.165, 1.54) is 6.92 Å². The Hall–Kier alpha value is -3.68. The molecule has 160 valence electrons. The lowest BCUT2D eigenvalue weighted by Gasteiger charge is -2.23. The van der Waals surface area contributed by atoms with Crippen molar-refractivity contribution in [2.45, 2.75) is 37.8 Å². The molecule has 2 aromatic carbocycles. The van der Waals surface area contributed by atoms with Gasteiger partial charge < -0.3 is 15.2 Å². The largest absolute Gasteiger partial charge is 0.480 e. The van der Waals surface area contributed by atoms with E-state index >= 15 is 0 Å². The van der Waals surface area contributed by atoms with E-state index in [9.17, 15) is 19.2 Å². The molecular formula is C23H22N2O6. The van der Waals surface area contributed by atoms with Gasteiger partial charge in [-0.05, 0) is 35.6 Å². The number of carbonyl (C=O) groups is 4. The average Bonchev–Trinajstić information content (AvgIpc) is 3.30. The lowest BCUT2D eigenvalue weighted by molar-refractivity contribution is -0.142. The molecule has 2 aromatic rings. The van der Waals surface area contributed by atoms with E-state index in [-0.39, 0.29) is 25.4 Å². The van der Waals surface area contributed by atoms with Crippen LogP contribution in [0.4, 0.5) is 4.79 Å². The number of benzene rings is 2. The van der Waals surface area contributed by atoms with Crippen LogP contribution >= 0.6 is 0 Å². The minimum atomic E-state index is -1.20. The Balaban J connectivity index is 1.49. The van der Waals surface area contributed by atoms with Crippen LogP contribution in [0.3, 0.4) is 0 Å². The van der Waals surface area contributed by atoms with Crippen LogP contribution in [-0.4, -0.2) is 52.6 Å². The van der Waals surface area contributed by atoms with Crippen LogP contribution in [0.2, 0.25) is 0 Å². The number of ether oxygens (including phenoxy) is 1. The SMILES string of the molecule is C[C@H](NC(=O)[C@@H]1CCC(=O)N1C(=O)OCC1c2ccccc2-c2ccccc21)C(=O)O. The number of rotatable bonds is 5. The van der Waals surface area contributed by atoms with Gasteiger partial charge in [-0.2, -0.15) is 0 Å². The number of likely N-dealkylation sites (tertiary alicyclic amines) is 1. The lowest BCUT2D eigenvalue weighted by Crippen LogP contribution is -2.51. The molecule has 2 aliphatic rings. The Morgan fingerprint density at radius 1 is 1.10 bits per heavy atom. The monoisotopic (exact) mass is 422 g/mol. The number of nitrogens with one attached hydrogen (secondary N) is 1. The summed E-state index contributed by atoms with van der Waals surface area (Å²) in [6, 6.07) is 13.5. The summed E-state index contributed by atoms with van der Waals surface area (Å²) in [5.41, 5.74) is 4.23. The molecule has 4 rings (SSSR count). The Morgan fingerprint density at radius 3 is 2.26 bits per heavy atom. The molecule has 1 aliphatic heterocycles. The number of fused-ring (bicyclic) bond motifs is 3. The molecule has 0 unspecified atom stereocenters. The topological polar surface area (TPSA) is 113 Å². The highest BCUT2D eigenvalue weighted by Crippen LogP contribution is 2.44. The van der Waals surface area contributed by atoms with Crippen molar-refractivity contribution in [3.05, 3.63) is 59.7 Å². The van der Waals surface area contributed by atoms with Gasteiger partial charge in [-0.15, -0.1) is 0 Å². The summed E-state index contributed by atoms with van der Waals surface area (Å²) >= 11 is 0. The van der Waals surface area contributed by atoms with Crippen LogP contribution in [0.1, 0.15) is 36.8 Å². The van der Waals surface area contributed by atoms with Gasteiger partial charge in [-0.25, -0.2) is 9.69 Å². The van der Waals surface area contributed by atoms with E-state index < -0.39 is 36.0 Å². The first-order valence-electron chi connectivity index (χ1n) is 10.1. The molecule has 1 saturated heterocycles. The first-order valence-corrected chi connectivity index (χ1v) is 10.1. The van der Waals surface area contributed by atoms with Gasteiger partial charge in [-0.1, -0.05) is 48.5 Å². The number of amides is 3. The third-order valence-corrected chi connectivity index (χ3v) is 5.78. The Morgan fingerprint density at radius 2 is 1.68 bits per heavy atom. The highest BCUT2D eigenvalue weighted by atomic mass is 16.6. The van der Waals surface area contributed by atoms with E-state index in [1.54, 1.807) is 0 Å². The van der Waals surface area contributed by atoms with Crippen molar-refractivity contribution in [2.24, 2.45) is 0 Å². The lowest BCUT2D eigenvalue weighted by atomic mass is 9.98. The zero-order valence-corrected chi connectivity index (χ0v) is 16.9. The summed E-state index contributed by atoms with van der Waals surface area (Å²) in [6.45, 7) is 1.34. The van der Waals surface area contributed by atoms with Crippen LogP contribution in [0.5, 0.6) is 0 Å². The maximum Gasteiger partial charge on any atom is 0.417 e. The number of carboxylic acid groups (broad SMARTS) is 1. The Labute approximate surface area is 178 Å². The summed E-state index contributed by atoms with van der Waals surface area (Å²) < 4.78 is 5.50. The van der Waals surface area contributed by atoms with E-state index in [4.69, 9.17) is 9.84 Å². The van der Waals surface area contributed by atoms with Gasteiger partial charge in [0.15, 0.2) is 0 Å². The minimum absolute atomic E-state index is 0.0176. The molecule has 0 spiro atoms. The van der Waals surface area contributed by atoms with Crippen LogP contribution in [-0.2, 0) is 19.1 Å². The van der Waals surface area contributed by atoms with Gasteiger partial charge in [0.05, 0.1) is 0 Å². The molecular weight excluding hydrogens is 400 g/mol. The van der Waals surface area contributed by atoms with Crippen LogP contribution in [0.25, 0.3) is 11.1 Å². The Bertz CT molecular complexity index is 1020. The number of hydrogen-bond acceptors (Lipinski definition) is 5. The van der Waals surface area contributed by atoms with Crippen molar-refractivity contribution in [3.8, 4) is 11.1 Å². The number of aliphatic carboxylic acids is 1. The number of nitrogens with zero attached hydrogens (tertiary/aromatic N) is 1. The van der Waals surface area contributed by atoms with Crippen LogP contribution in [0, 0.1) is 0 Å². The first kappa shape index (κ1) is 20.6. The van der Waals surface area contributed by atoms with Gasteiger partial charge in [-0.3, -0.25) is 14.4 Å². The summed E-state index contributed by atoms with van der Waals surface area (Å²) in [6.07, 6.45) is -0.752. The van der Waals surface area contributed by atoms with E-state index in [0.717, 1.165) is 27.2 Å². The molecule has 2 atom stereocenters. The average molecular weight is 422 g/mol. The number of carboxylic acids is 1. The number of carbonyl (C=O) groups excluding carboxylic acids is 3. The normalized spacial score (nSPS) is 18.3. The number of hydrogen-bond donors (Lipinski definition) is 2. The summed E-state index contributed by atoms with van der Waals surface area (Å²) in [7, 11) is 0. The maximum absolute atomic E-state index is 12.8. The summed E-state index contributed by atoms with van der Waals surface area (Å²) in [4.78, 5) is 49.3. The summed E-state index contributed by atoms with van der Waals surface area (Å²) in [5.74, 6) is -2.58. The third kappa shape index (κ3) is 3.76. The quantitative estimate of drug-likeness (QED) is 0.766. The second-order valence-electron chi connectivity index (χ2n) is 7.69. The van der Waals surface area contributed by atoms with Crippen LogP contribution in [0.15, 0.2) is 48.5 Å². The van der Waals surface area contributed by atoms with Gasteiger partial charge >= 0.3 is 12.1 Å². The van der Waals surface area contributed by atoms with Gasteiger partial charge in [0.2, 0.25) is 11.8 Å². The molecule has 0 bridgehead atoms. The Kier molecular flexibility index (Phi) is 5.46. The molecule has 0 saturated carbocycles. The third-order valence-electron chi connectivity index (χ3n) is 5.78. The smallest absolute Gasteiger partial charge is 0.417 e. The maximum atomic E-state index is 12.8. The molecule has 31 heavy (non-hydrogen) atoms. The van der Waals surface area contributed by atoms with Crippen molar-refractivity contribution in [1.82, 2.24) is 10.2 Å². The molecule has 1 fully saturated rings. The van der Waals surface area contributed by atoms with Crippen molar-refractivity contribution in [2.75, 3.05) is 6.61 Å². The predicted octanol–water partition coefficient (Wildman–Crippen LogP) is 2.52. The van der Waals surface area contributed by atoms with Crippen molar-refractivity contribution < 1.29 is 29.0 Å². The summed E-state index contributed by atoms with van der Waals surface area (Å²) in [5, 5.41) is 11.3. The first-order chi connectivity index (χ1) is 14.9. The highest BCUT2D eigenvalue weighted by Gasteiger charge is 2.42. The highest BCUT2D eigenvalue weighted by molar-refractivity contribution is 6.01. The molecule has 1 aliphatic carbocycles. The van der Waals surface area contributed by atoms with Crippen molar-refractivity contribution in [1.29, 1.82) is 0 Å². The molecule has 8 heteroatoms. The van der Waals surface area contributed by atoms with Crippen LogP contribution < -0.4 is 5.32 Å². The zero-order valence-electron chi connectivity index (χ0n) is 16.9. The van der Waals surface area contributed by atoms with Crippen molar-refractivity contribution in [3.63, 3.8) is 0 Å². The molecule has 8 nitrogen and oxygen atoms in total. The molecule has 0 aromatic heterocycles. The standard InChI is InChI=1S/C23H22N2O6/c1-13(22(28)29)24-21(27)19-10-11-20(26)25(19)23(30)31-12-18-16-8-4-2-6-14(16)15-7-3-5-9-17(15)18/h2-9,13,18-19H,10-12H2,1H3,(H,24,27)(H,28,29)/t13-,19-/m0/s1. The fourth-order valence-corrected chi connectivity index (χ4v) is 4.20. The fraction of sp³-hybridized carbons (Fsp3) is 0.304. The van der Waals surface area contributed by atoms with Crippen molar-refractivity contribution >= 4 is 23.9 Å². The minimum Gasteiger partial charge on any atom is -0.480 e. The molecule has 0 radical (unpaired) electrons. The van der Waals surface area contributed by atoms with E-state index in [2.05, 4.69) is 5.32 Å². The van der Waals surface area contributed by atoms with Gasteiger partial charge in [0.25, 0.3) is 0 Å².